The molecule has 2 saturated heterocycles. The van der Waals surface area contributed by atoms with Gasteiger partial charge < -0.3 is 9.80 Å². The molecular weight excluding hydrogens is 268 g/mol. The molecule has 0 atom stereocenters. The van der Waals surface area contributed by atoms with Gasteiger partial charge in [0, 0.05) is 25.6 Å². The van der Waals surface area contributed by atoms with E-state index in [9.17, 15) is 4.79 Å². The Labute approximate surface area is 128 Å². The second kappa shape index (κ2) is 6.27. The molecule has 0 unspecified atom stereocenters. The van der Waals surface area contributed by atoms with E-state index in [0.717, 1.165) is 31.3 Å². The topological polar surface area (TPSA) is 23.6 Å². The average Bonchev–Trinajstić information content (AvgIpc) is 3.28. The Balaban J connectivity index is 1.44. The molecule has 114 valence electrons. The first-order valence-electron chi connectivity index (χ1n) is 8.35. The molecule has 3 rings (SSSR count). The minimum atomic E-state index is 0.268. The van der Waals surface area contributed by atoms with Gasteiger partial charge in [0.25, 0.3) is 0 Å². The molecule has 0 aromatic carbocycles. The van der Waals surface area contributed by atoms with Gasteiger partial charge in [-0.2, -0.15) is 12.6 Å². The summed E-state index contributed by atoms with van der Waals surface area (Å²) in [5.41, 5.74) is 0.268. The fourth-order valence-corrected chi connectivity index (χ4v) is 4.19. The molecular formula is C16H28N2OS. The Morgan fingerprint density at radius 1 is 1.05 bits per heavy atom. The van der Waals surface area contributed by atoms with Gasteiger partial charge in [0.1, 0.15) is 0 Å². The van der Waals surface area contributed by atoms with Gasteiger partial charge in [-0.05, 0) is 62.8 Å². The highest BCUT2D eigenvalue weighted by molar-refractivity contribution is 7.80. The minimum absolute atomic E-state index is 0.268. The highest BCUT2D eigenvalue weighted by Crippen LogP contribution is 2.49. The largest absolute Gasteiger partial charge is 0.343 e. The number of thiol groups is 1. The highest BCUT2D eigenvalue weighted by atomic mass is 32.1. The van der Waals surface area contributed by atoms with Gasteiger partial charge in [0.05, 0.1) is 0 Å². The second-order valence-electron chi connectivity index (χ2n) is 7.04. The first-order chi connectivity index (χ1) is 9.72. The third kappa shape index (κ3) is 3.33. The van der Waals surface area contributed by atoms with E-state index in [0.29, 0.717) is 5.91 Å². The van der Waals surface area contributed by atoms with E-state index in [1.165, 1.54) is 58.0 Å². The number of hydrogen-bond acceptors (Lipinski definition) is 3. The first kappa shape index (κ1) is 14.7. The van der Waals surface area contributed by atoms with Crippen molar-refractivity contribution in [3.05, 3.63) is 0 Å². The van der Waals surface area contributed by atoms with Gasteiger partial charge in [-0.3, -0.25) is 4.79 Å². The monoisotopic (exact) mass is 296 g/mol. The molecule has 0 spiro atoms. The van der Waals surface area contributed by atoms with Crippen molar-refractivity contribution in [2.75, 3.05) is 31.9 Å². The summed E-state index contributed by atoms with van der Waals surface area (Å²) in [4.78, 5) is 17.2. The van der Waals surface area contributed by atoms with Crippen molar-refractivity contribution in [2.45, 2.75) is 57.4 Å². The van der Waals surface area contributed by atoms with Crippen molar-refractivity contribution < 1.29 is 4.79 Å². The van der Waals surface area contributed by atoms with Gasteiger partial charge in [-0.1, -0.05) is 6.42 Å². The minimum Gasteiger partial charge on any atom is -0.343 e. The van der Waals surface area contributed by atoms with Crippen LogP contribution in [0.1, 0.15) is 51.4 Å². The molecule has 0 bridgehead atoms. The van der Waals surface area contributed by atoms with Crippen molar-refractivity contribution in [1.29, 1.82) is 0 Å². The molecule has 3 fully saturated rings. The Morgan fingerprint density at radius 2 is 1.70 bits per heavy atom. The zero-order valence-electron chi connectivity index (χ0n) is 12.5. The molecule has 1 aliphatic carbocycles. The summed E-state index contributed by atoms with van der Waals surface area (Å²) in [6.07, 6.45) is 9.63. The smallest absolute Gasteiger partial charge is 0.223 e. The number of hydrogen-bond donors (Lipinski definition) is 1. The standard InChI is InChI=1S/C16H28N2OS/c19-15(12-16(13-20)6-7-16)18-10-4-14(5-11-18)17-8-2-1-3-9-17/h14,20H,1-13H2. The van der Waals surface area contributed by atoms with Crippen LogP contribution in [0.3, 0.4) is 0 Å². The van der Waals surface area contributed by atoms with E-state index in [2.05, 4.69) is 22.4 Å². The van der Waals surface area contributed by atoms with E-state index < -0.39 is 0 Å². The van der Waals surface area contributed by atoms with Crippen LogP contribution < -0.4 is 0 Å². The molecule has 20 heavy (non-hydrogen) atoms. The third-order valence-corrected chi connectivity index (χ3v) is 6.21. The fourth-order valence-electron chi connectivity index (χ4n) is 3.76. The molecule has 0 aromatic rings. The quantitative estimate of drug-likeness (QED) is 0.806. The zero-order valence-corrected chi connectivity index (χ0v) is 13.4. The predicted molar refractivity (Wildman–Crippen MR) is 85.2 cm³/mol. The predicted octanol–water partition coefficient (Wildman–Crippen LogP) is 2.56. The van der Waals surface area contributed by atoms with Gasteiger partial charge in [0.15, 0.2) is 0 Å². The van der Waals surface area contributed by atoms with Crippen LogP contribution in [0.25, 0.3) is 0 Å². The summed E-state index contributed by atoms with van der Waals surface area (Å²) in [5, 5.41) is 0. The van der Waals surface area contributed by atoms with E-state index in [1.807, 2.05) is 0 Å². The van der Waals surface area contributed by atoms with Gasteiger partial charge in [-0.25, -0.2) is 0 Å². The Hall–Kier alpha value is -0.220. The molecule has 1 amide bonds. The normalized spacial score (nSPS) is 27.6. The van der Waals surface area contributed by atoms with Crippen molar-refractivity contribution in [2.24, 2.45) is 5.41 Å². The number of carbonyl (C=O) groups excluding carboxylic acids is 1. The molecule has 0 radical (unpaired) electrons. The lowest BCUT2D eigenvalue weighted by molar-refractivity contribution is -0.134. The second-order valence-corrected chi connectivity index (χ2v) is 7.36. The molecule has 4 heteroatoms. The highest BCUT2D eigenvalue weighted by Gasteiger charge is 2.44. The van der Waals surface area contributed by atoms with Crippen LogP contribution in [0.15, 0.2) is 0 Å². The molecule has 0 aromatic heterocycles. The van der Waals surface area contributed by atoms with Crippen molar-refractivity contribution in [3.63, 3.8) is 0 Å². The van der Waals surface area contributed by atoms with E-state index >= 15 is 0 Å². The zero-order chi connectivity index (χ0) is 14.0. The number of carbonyl (C=O) groups is 1. The SMILES string of the molecule is O=C(CC1(CS)CC1)N1CCC(N2CCCCC2)CC1. The molecule has 3 aliphatic rings. The molecule has 2 aliphatic heterocycles. The maximum absolute atomic E-state index is 12.4. The van der Waals surface area contributed by atoms with Gasteiger partial charge in [-0.15, -0.1) is 0 Å². The first-order valence-corrected chi connectivity index (χ1v) is 8.98. The van der Waals surface area contributed by atoms with Crippen molar-refractivity contribution >= 4 is 18.5 Å². The maximum Gasteiger partial charge on any atom is 0.223 e. The van der Waals surface area contributed by atoms with Crippen molar-refractivity contribution in [3.8, 4) is 0 Å². The van der Waals surface area contributed by atoms with Gasteiger partial charge >= 0.3 is 0 Å². The van der Waals surface area contributed by atoms with Crippen LogP contribution >= 0.6 is 12.6 Å². The fraction of sp³-hybridized carbons (Fsp3) is 0.938. The van der Waals surface area contributed by atoms with Crippen LogP contribution in [0.5, 0.6) is 0 Å². The summed E-state index contributed by atoms with van der Waals surface area (Å²) >= 11 is 4.41. The van der Waals surface area contributed by atoms with Crippen LogP contribution in [0.4, 0.5) is 0 Å². The Kier molecular flexibility index (Phi) is 4.61. The maximum atomic E-state index is 12.4. The van der Waals surface area contributed by atoms with Crippen LogP contribution in [0, 0.1) is 5.41 Å². The number of nitrogens with zero attached hydrogens (tertiary/aromatic N) is 2. The Bertz CT molecular complexity index is 342. The van der Waals surface area contributed by atoms with Crippen molar-refractivity contribution in [1.82, 2.24) is 9.80 Å². The summed E-state index contributed by atoms with van der Waals surface area (Å²) in [7, 11) is 0. The summed E-state index contributed by atoms with van der Waals surface area (Å²) < 4.78 is 0. The summed E-state index contributed by atoms with van der Waals surface area (Å²) in [6, 6.07) is 0.735. The Morgan fingerprint density at radius 3 is 2.25 bits per heavy atom. The number of rotatable bonds is 4. The third-order valence-electron chi connectivity index (χ3n) is 5.54. The molecule has 1 saturated carbocycles. The average molecular weight is 296 g/mol. The van der Waals surface area contributed by atoms with Crippen LogP contribution in [-0.2, 0) is 4.79 Å². The molecule has 0 N–H and O–H groups in total. The molecule has 3 nitrogen and oxygen atoms in total. The van der Waals surface area contributed by atoms with E-state index in [-0.39, 0.29) is 5.41 Å². The summed E-state index contributed by atoms with van der Waals surface area (Å²) in [5.74, 6) is 1.26. The number of piperidine rings is 2. The van der Waals surface area contributed by atoms with E-state index in [1.54, 1.807) is 0 Å². The molecule has 2 heterocycles. The lowest BCUT2D eigenvalue weighted by Gasteiger charge is -2.40. The number of likely N-dealkylation sites (tertiary alicyclic amines) is 2. The summed E-state index contributed by atoms with van der Waals surface area (Å²) in [6.45, 7) is 4.51. The lowest BCUT2D eigenvalue weighted by Crippen LogP contribution is -2.48. The van der Waals surface area contributed by atoms with E-state index in [4.69, 9.17) is 0 Å². The van der Waals surface area contributed by atoms with Crippen LogP contribution in [0.2, 0.25) is 0 Å². The van der Waals surface area contributed by atoms with Gasteiger partial charge in [0.2, 0.25) is 5.91 Å². The number of amides is 1. The lowest BCUT2D eigenvalue weighted by atomic mass is 9.98. The van der Waals surface area contributed by atoms with Crippen LogP contribution in [-0.4, -0.2) is 53.7 Å².